The van der Waals surface area contributed by atoms with Crippen LogP contribution in [0.1, 0.15) is 17.0 Å². The van der Waals surface area contributed by atoms with Gasteiger partial charge < -0.3 is 9.84 Å². The van der Waals surface area contributed by atoms with E-state index in [0.717, 1.165) is 0 Å². The highest BCUT2D eigenvalue weighted by Crippen LogP contribution is 2.23. The minimum absolute atomic E-state index is 0.00412. The molecule has 132 valence electrons. The van der Waals surface area contributed by atoms with Gasteiger partial charge in [-0.05, 0) is 38.1 Å². The molecule has 2 N–H and O–H groups in total. The number of benzene rings is 1. The van der Waals surface area contributed by atoms with Crippen molar-refractivity contribution in [3.8, 4) is 6.07 Å². The van der Waals surface area contributed by atoms with Gasteiger partial charge in [-0.3, -0.25) is 4.72 Å². The van der Waals surface area contributed by atoms with E-state index in [1.165, 1.54) is 19.2 Å². The normalized spacial score (nSPS) is 11.0. The lowest BCUT2D eigenvalue weighted by Crippen LogP contribution is -2.15. The highest BCUT2D eigenvalue weighted by molar-refractivity contribution is 7.92. The summed E-state index contributed by atoms with van der Waals surface area (Å²) in [6.45, 7) is 3.08. The second-order valence-electron chi connectivity index (χ2n) is 5.47. The van der Waals surface area contributed by atoms with Crippen molar-refractivity contribution < 1.29 is 12.9 Å². The maximum atomic E-state index is 12.5. The molecule has 0 fully saturated rings. The van der Waals surface area contributed by atoms with E-state index >= 15 is 0 Å². The van der Waals surface area contributed by atoms with Crippen molar-refractivity contribution in [2.45, 2.75) is 18.7 Å². The fourth-order valence-electron chi connectivity index (χ4n) is 2.42. The summed E-state index contributed by atoms with van der Waals surface area (Å²) in [6, 6.07) is 12.3. The van der Waals surface area contributed by atoms with Gasteiger partial charge in [-0.1, -0.05) is 17.3 Å². The van der Waals surface area contributed by atoms with E-state index < -0.39 is 10.0 Å². The maximum Gasteiger partial charge on any atom is 0.268 e. The van der Waals surface area contributed by atoms with E-state index in [1.807, 2.05) is 6.07 Å². The van der Waals surface area contributed by atoms with Gasteiger partial charge in [0.15, 0.2) is 10.7 Å². The van der Waals surface area contributed by atoms with Crippen molar-refractivity contribution in [2.24, 2.45) is 0 Å². The molecule has 1 aromatic carbocycles. The quantitative estimate of drug-likeness (QED) is 0.708. The Bertz CT molecular complexity index is 1060. The number of hydrogen-bond acceptors (Lipinski definition) is 7. The van der Waals surface area contributed by atoms with Crippen LogP contribution in [0.5, 0.6) is 0 Å². The van der Waals surface area contributed by atoms with Crippen LogP contribution in [0.2, 0.25) is 0 Å². The zero-order valence-corrected chi connectivity index (χ0v) is 14.8. The van der Waals surface area contributed by atoms with Gasteiger partial charge in [0, 0.05) is 0 Å². The van der Waals surface area contributed by atoms with Crippen LogP contribution < -0.4 is 10.0 Å². The first-order valence-electron chi connectivity index (χ1n) is 7.58. The molecule has 0 aliphatic heterocycles. The zero-order valence-electron chi connectivity index (χ0n) is 14.0. The molecule has 0 unspecified atom stereocenters. The van der Waals surface area contributed by atoms with Crippen LogP contribution in [0.25, 0.3) is 0 Å². The largest absolute Gasteiger partial charge is 0.360 e. The van der Waals surface area contributed by atoms with E-state index in [4.69, 9.17) is 9.78 Å². The Kier molecular flexibility index (Phi) is 4.60. The average molecular weight is 369 g/mol. The molecule has 0 saturated heterocycles. The van der Waals surface area contributed by atoms with Crippen LogP contribution >= 0.6 is 0 Å². The summed E-state index contributed by atoms with van der Waals surface area (Å²) in [6.07, 6.45) is 1.47. The molecule has 0 radical (unpaired) electrons. The number of nitrogens with zero attached hydrogens (tertiary/aromatic N) is 3. The fraction of sp³-hybridized carbons (Fsp3) is 0.118. The summed E-state index contributed by atoms with van der Waals surface area (Å²) in [5.74, 6) is 0.366. The third-order valence-corrected chi connectivity index (χ3v) is 5.16. The lowest BCUT2D eigenvalue weighted by Gasteiger charge is -2.10. The summed E-state index contributed by atoms with van der Waals surface area (Å²) >= 11 is 0. The number of hydrogen-bond donors (Lipinski definition) is 2. The van der Waals surface area contributed by atoms with Crippen LogP contribution in [-0.4, -0.2) is 18.6 Å². The molecule has 3 rings (SSSR count). The van der Waals surface area contributed by atoms with Crippen LogP contribution in [0.4, 0.5) is 17.2 Å². The molecule has 0 bridgehead atoms. The predicted octanol–water partition coefficient (Wildman–Crippen LogP) is 3.10. The summed E-state index contributed by atoms with van der Waals surface area (Å²) in [4.78, 5) is 4.10. The molecular weight excluding hydrogens is 354 g/mol. The number of sulfonamides is 1. The molecule has 0 aliphatic rings. The second-order valence-corrected chi connectivity index (χ2v) is 7.09. The molecule has 3 aromatic rings. The Balaban J connectivity index is 1.79. The summed E-state index contributed by atoms with van der Waals surface area (Å²) in [7, 11) is -3.85. The van der Waals surface area contributed by atoms with Gasteiger partial charge in [0.05, 0.1) is 23.1 Å². The van der Waals surface area contributed by atoms with Gasteiger partial charge >= 0.3 is 0 Å². The van der Waals surface area contributed by atoms with Crippen molar-refractivity contribution >= 4 is 27.2 Å². The molecule has 2 heterocycles. The van der Waals surface area contributed by atoms with Crippen LogP contribution in [-0.2, 0) is 10.0 Å². The predicted molar refractivity (Wildman–Crippen MR) is 95.5 cm³/mol. The van der Waals surface area contributed by atoms with Gasteiger partial charge in [0.2, 0.25) is 0 Å². The number of aryl methyl sites for hydroxylation is 2. The minimum atomic E-state index is -3.85. The highest BCUT2D eigenvalue weighted by atomic mass is 32.2. The number of rotatable bonds is 5. The van der Waals surface area contributed by atoms with Gasteiger partial charge in [-0.25, -0.2) is 13.4 Å². The molecule has 0 atom stereocenters. The third-order valence-electron chi connectivity index (χ3n) is 3.57. The number of anilines is 3. The molecule has 26 heavy (non-hydrogen) atoms. The topological polar surface area (TPSA) is 121 Å². The number of aromatic nitrogens is 2. The number of pyridine rings is 1. The lowest BCUT2D eigenvalue weighted by molar-refractivity contribution is 0.390. The van der Waals surface area contributed by atoms with E-state index in [1.54, 1.807) is 31.2 Å². The van der Waals surface area contributed by atoms with Crippen LogP contribution in [0.15, 0.2) is 52.0 Å². The van der Waals surface area contributed by atoms with Crippen LogP contribution in [0, 0.1) is 25.2 Å². The third kappa shape index (κ3) is 3.50. The van der Waals surface area contributed by atoms with E-state index in [-0.39, 0.29) is 22.2 Å². The summed E-state index contributed by atoms with van der Waals surface area (Å²) < 4.78 is 32.2. The molecule has 8 nitrogen and oxygen atoms in total. The second kappa shape index (κ2) is 6.85. The molecule has 0 aliphatic carbocycles. The smallest absolute Gasteiger partial charge is 0.268 e. The molecule has 0 amide bonds. The van der Waals surface area contributed by atoms with E-state index in [2.05, 4.69) is 26.2 Å². The van der Waals surface area contributed by atoms with Gasteiger partial charge in [0.1, 0.15) is 17.6 Å². The van der Waals surface area contributed by atoms with E-state index in [0.29, 0.717) is 16.9 Å². The zero-order chi connectivity index (χ0) is 18.7. The average Bonchev–Trinajstić information content (AvgIpc) is 2.96. The minimum Gasteiger partial charge on any atom is -0.360 e. The van der Waals surface area contributed by atoms with Gasteiger partial charge in [-0.2, -0.15) is 5.26 Å². The fourth-order valence-corrected chi connectivity index (χ4v) is 3.76. The van der Waals surface area contributed by atoms with Crippen LogP contribution in [0.3, 0.4) is 0 Å². The Labute approximate surface area is 150 Å². The standard InChI is InChI=1S/C17H15N5O3S/c1-11-17(12(2)25-21-11)26(23,24)22-16-8-7-14(10-19-16)20-15-6-4-3-5-13(15)9-18/h3-8,10,20H,1-2H3,(H,19,22). The number of nitrogens with one attached hydrogen (secondary N) is 2. The van der Waals surface area contributed by atoms with Gasteiger partial charge in [-0.15, -0.1) is 0 Å². The molecule has 0 spiro atoms. The Hall–Kier alpha value is -3.38. The molecular formula is C17H15N5O3S. The Morgan fingerprint density at radius 2 is 1.92 bits per heavy atom. The first-order valence-corrected chi connectivity index (χ1v) is 9.07. The van der Waals surface area contributed by atoms with Crippen molar-refractivity contribution in [3.05, 3.63) is 59.6 Å². The first-order chi connectivity index (χ1) is 12.4. The number of nitriles is 1. The monoisotopic (exact) mass is 369 g/mol. The van der Waals surface area contributed by atoms with Crippen molar-refractivity contribution in [1.29, 1.82) is 5.26 Å². The highest BCUT2D eigenvalue weighted by Gasteiger charge is 2.24. The van der Waals surface area contributed by atoms with Crippen molar-refractivity contribution in [1.82, 2.24) is 10.1 Å². The molecule has 2 aromatic heterocycles. The number of para-hydroxylation sites is 1. The first kappa shape index (κ1) is 17.4. The SMILES string of the molecule is Cc1noc(C)c1S(=O)(=O)Nc1ccc(Nc2ccccc2C#N)cn1. The maximum absolute atomic E-state index is 12.5. The van der Waals surface area contributed by atoms with E-state index in [9.17, 15) is 8.42 Å². The van der Waals surface area contributed by atoms with Gasteiger partial charge in [0.25, 0.3) is 10.0 Å². The Morgan fingerprint density at radius 1 is 1.15 bits per heavy atom. The molecule has 9 heteroatoms. The summed E-state index contributed by atoms with van der Waals surface area (Å²) in [5, 5.41) is 15.8. The summed E-state index contributed by atoms with van der Waals surface area (Å²) in [5.41, 5.74) is 2.03. The van der Waals surface area contributed by atoms with Crippen molar-refractivity contribution in [3.63, 3.8) is 0 Å². The van der Waals surface area contributed by atoms with Crippen molar-refractivity contribution in [2.75, 3.05) is 10.0 Å². The Morgan fingerprint density at radius 3 is 2.54 bits per heavy atom. The lowest BCUT2D eigenvalue weighted by atomic mass is 10.2. The molecule has 0 saturated carbocycles.